The third kappa shape index (κ3) is 4.36. The minimum Gasteiger partial charge on any atom is -0.337 e. The maximum Gasteiger partial charge on any atom is 0.0945 e. The van der Waals surface area contributed by atoms with E-state index in [0.29, 0.717) is 0 Å². The van der Waals surface area contributed by atoms with Crippen LogP contribution in [0.4, 0.5) is 0 Å². The molecule has 4 nitrogen and oxygen atoms in total. The zero-order valence-electron chi connectivity index (χ0n) is 9.92. The summed E-state index contributed by atoms with van der Waals surface area (Å²) in [4.78, 5) is 8.01. The molecule has 0 amide bonds. The number of hydrogen-bond donors (Lipinski definition) is 1. The first-order valence-corrected chi connectivity index (χ1v) is 6.00. The van der Waals surface area contributed by atoms with E-state index in [9.17, 15) is 0 Å². The second-order valence-corrected chi connectivity index (χ2v) is 4.04. The third-order valence-corrected chi connectivity index (χ3v) is 2.66. The number of imidazole rings is 1. The summed E-state index contributed by atoms with van der Waals surface area (Å²) >= 11 is 0. The number of aromatic nitrogens is 3. The zero-order valence-corrected chi connectivity index (χ0v) is 9.92. The molecule has 2 aromatic rings. The van der Waals surface area contributed by atoms with Crippen molar-refractivity contribution < 1.29 is 0 Å². The molecule has 0 spiro atoms. The van der Waals surface area contributed by atoms with Gasteiger partial charge in [-0.15, -0.1) is 0 Å². The molecule has 0 unspecified atom stereocenters. The van der Waals surface area contributed by atoms with E-state index in [1.54, 1.807) is 0 Å². The number of nitrogens with one attached hydrogen (secondary N) is 1. The lowest BCUT2D eigenvalue weighted by Gasteiger charge is -2.05. The van der Waals surface area contributed by atoms with E-state index >= 15 is 0 Å². The Bertz CT molecular complexity index is 397. The van der Waals surface area contributed by atoms with Crippen LogP contribution < -0.4 is 5.32 Å². The van der Waals surface area contributed by atoms with Crippen molar-refractivity contribution in [2.24, 2.45) is 0 Å². The molecule has 17 heavy (non-hydrogen) atoms. The summed E-state index contributed by atoms with van der Waals surface area (Å²) in [5.74, 6) is 0. The molecule has 2 rings (SSSR count). The molecule has 90 valence electrons. The summed E-state index contributed by atoms with van der Waals surface area (Å²) in [5, 5.41) is 3.43. The molecule has 0 fully saturated rings. The molecule has 0 aliphatic carbocycles. The average Bonchev–Trinajstić information content (AvgIpc) is 2.88. The fourth-order valence-corrected chi connectivity index (χ4v) is 1.70. The lowest BCUT2D eigenvalue weighted by atomic mass is 10.2. The van der Waals surface area contributed by atoms with E-state index in [-0.39, 0.29) is 0 Å². The van der Waals surface area contributed by atoms with Crippen molar-refractivity contribution in [3.05, 3.63) is 48.8 Å². The largest absolute Gasteiger partial charge is 0.337 e. The van der Waals surface area contributed by atoms with E-state index in [0.717, 1.165) is 19.6 Å². The molecular weight excluding hydrogens is 212 g/mol. The van der Waals surface area contributed by atoms with Crippen LogP contribution in [0.2, 0.25) is 0 Å². The Morgan fingerprint density at radius 1 is 1.06 bits per heavy atom. The lowest BCUT2D eigenvalue weighted by Crippen LogP contribution is -2.15. The minimum absolute atomic E-state index is 0.924. The molecule has 0 aliphatic heterocycles. The van der Waals surface area contributed by atoms with E-state index < -0.39 is 0 Å². The first-order valence-electron chi connectivity index (χ1n) is 6.00. The van der Waals surface area contributed by atoms with Crippen molar-refractivity contribution in [1.29, 1.82) is 0 Å². The highest BCUT2D eigenvalue weighted by molar-refractivity contribution is 5.08. The predicted molar refractivity (Wildman–Crippen MR) is 67.4 cm³/mol. The highest BCUT2D eigenvalue weighted by Gasteiger charge is 1.93. The molecule has 0 saturated carbocycles. The van der Waals surface area contributed by atoms with Crippen LogP contribution in [0.1, 0.15) is 18.4 Å². The lowest BCUT2D eigenvalue weighted by molar-refractivity contribution is 0.568. The molecular formula is C13H18N4. The molecule has 0 radical (unpaired) electrons. The van der Waals surface area contributed by atoms with Gasteiger partial charge in [-0.1, -0.05) is 0 Å². The first-order chi connectivity index (χ1) is 8.45. The second-order valence-electron chi connectivity index (χ2n) is 4.04. The van der Waals surface area contributed by atoms with Gasteiger partial charge in [0.25, 0.3) is 0 Å². The summed E-state index contributed by atoms with van der Waals surface area (Å²) in [7, 11) is 0. The van der Waals surface area contributed by atoms with Crippen LogP contribution in [-0.2, 0) is 13.1 Å². The molecule has 0 bridgehead atoms. The summed E-state index contributed by atoms with van der Waals surface area (Å²) in [6.45, 7) is 3.03. The Labute approximate surface area is 102 Å². The van der Waals surface area contributed by atoms with Gasteiger partial charge in [0, 0.05) is 37.9 Å². The molecule has 1 N–H and O–H groups in total. The number of pyridine rings is 1. The Hall–Kier alpha value is -1.68. The topological polar surface area (TPSA) is 42.7 Å². The Balaban J connectivity index is 1.52. The zero-order chi connectivity index (χ0) is 11.8. The fourth-order valence-electron chi connectivity index (χ4n) is 1.70. The third-order valence-electron chi connectivity index (χ3n) is 2.66. The Morgan fingerprint density at radius 3 is 2.71 bits per heavy atom. The van der Waals surface area contributed by atoms with Gasteiger partial charge in [0.1, 0.15) is 0 Å². The number of rotatable bonds is 7. The summed E-state index contributed by atoms with van der Waals surface area (Å²) < 4.78 is 2.11. The Kier molecular flexibility index (Phi) is 4.72. The standard InChI is InChI=1S/C13H18N4/c1(2-9-17-10-8-16-12-17)5-15-11-13-3-6-14-7-4-13/h3-4,6-8,10,12,15H,1-2,5,9,11H2. The van der Waals surface area contributed by atoms with Crippen LogP contribution in [0.25, 0.3) is 0 Å². The van der Waals surface area contributed by atoms with Crippen molar-refractivity contribution in [2.45, 2.75) is 25.9 Å². The smallest absolute Gasteiger partial charge is 0.0945 e. The van der Waals surface area contributed by atoms with Crippen molar-refractivity contribution in [2.75, 3.05) is 6.54 Å². The summed E-state index contributed by atoms with van der Waals surface area (Å²) in [6.07, 6.45) is 11.7. The molecule has 4 heteroatoms. The van der Waals surface area contributed by atoms with E-state index in [4.69, 9.17) is 0 Å². The quantitative estimate of drug-likeness (QED) is 0.738. The van der Waals surface area contributed by atoms with E-state index in [1.807, 2.05) is 43.2 Å². The highest BCUT2D eigenvalue weighted by atomic mass is 15.0. The minimum atomic E-state index is 0.924. The van der Waals surface area contributed by atoms with Gasteiger partial charge < -0.3 is 9.88 Å². The van der Waals surface area contributed by atoms with Gasteiger partial charge in [0.2, 0.25) is 0 Å². The van der Waals surface area contributed by atoms with Gasteiger partial charge in [-0.25, -0.2) is 4.98 Å². The van der Waals surface area contributed by atoms with Crippen LogP contribution in [-0.4, -0.2) is 21.1 Å². The first kappa shape index (κ1) is 11.8. The van der Waals surface area contributed by atoms with Gasteiger partial charge in [-0.05, 0) is 37.1 Å². The van der Waals surface area contributed by atoms with Gasteiger partial charge >= 0.3 is 0 Å². The van der Waals surface area contributed by atoms with Gasteiger partial charge in [0.15, 0.2) is 0 Å². The van der Waals surface area contributed by atoms with Crippen molar-refractivity contribution in [3.8, 4) is 0 Å². The average molecular weight is 230 g/mol. The molecule has 2 aromatic heterocycles. The monoisotopic (exact) mass is 230 g/mol. The number of nitrogens with zero attached hydrogens (tertiary/aromatic N) is 3. The Morgan fingerprint density at radius 2 is 1.94 bits per heavy atom. The van der Waals surface area contributed by atoms with Gasteiger partial charge in [-0.3, -0.25) is 4.98 Å². The maximum absolute atomic E-state index is 4.02. The normalized spacial score (nSPS) is 10.6. The van der Waals surface area contributed by atoms with Crippen LogP contribution in [0.5, 0.6) is 0 Å². The van der Waals surface area contributed by atoms with Crippen molar-refractivity contribution >= 4 is 0 Å². The van der Waals surface area contributed by atoms with E-state index in [2.05, 4.69) is 19.9 Å². The second kappa shape index (κ2) is 6.81. The molecule has 2 heterocycles. The van der Waals surface area contributed by atoms with Crippen LogP contribution in [0, 0.1) is 0 Å². The fraction of sp³-hybridized carbons (Fsp3) is 0.385. The van der Waals surface area contributed by atoms with Gasteiger partial charge in [-0.2, -0.15) is 0 Å². The molecule has 0 atom stereocenters. The SMILES string of the molecule is c1cc(CNCCCCn2ccnc2)ccn1. The molecule has 0 aromatic carbocycles. The van der Waals surface area contributed by atoms with Gasteiger partial charge in [0.05, 0.1) is 6.33 Å². The predicted octanol–water partition coefficient (Wildman–Crippen LogP) is 1.85. The van der Waals surface area contributed by atoms with Crippen LogP contribution in [0.3, 0.4) is 0 Å². The van der Waals surface area contributed by atoms with Crippen molar-refractivity contribution in [1.82, 2.24) is 19.9 Å². The van der Waals surface area contributed by atoms with Crippen LogP contribution in [0.15, 0.2) is 43.2 Å². The van der Waals surface area contributed by atoms with Crippen molar-refractivity contribution in [3.63, 3.8) is 0 Å². The summed E-state index contributed by atoms with van der Waals surface area (Å²) in [6, 6.07) is 4.08. The van der Waals surface area contributed by atoms with Crippen LogP contribution >= 0.6 is 0 Å². The number of aryl methyl sites for hydroxylation is 1. The molecule has 0 aliphatic rings. The number of hydrogen-bond acceptors (Lipinski definition) is 3. The highest BCUT2D eigenvalue weighted by Crippen LogP contribution is 1.97. The van der Waals surface area contributed by atoms with E-state index in [1.165, 1.54) is 18.4 Å². The summed E-state index contributed by atoms with van der Waals surface area (Å²) in [5.41, 5.74) is 1.29. The maximum atomic E-state index is 4.02. The number of unbranched alkanes of at least 4 members (excludes halogenated alkanes) is 1. The molecule has 0 saturated heterocycles.